The molecule has 3 aromatic carbocycles. The minimum Gasteiger partial charge on any atom is -0.478 e. The molecule has 178 valence electrons. The van der Waals surface area contributed by atoms with Gasteiger partial charge in [-0.05, 0) is 72.7 Å². The second kappa shape index (κ2) is 7.82. The van der Waals surface area contributed by atoms with Crippen molar-refractivity contribution in [1.82, 2.24) is 5.32 Å². The van der Waals surface area contributed by atoms with Gasteiger partial charge in [0, 0.05) is 23.5 Å². The molecule has 1 heterocycles. The van der Waals surface area contributed by atoms with Crippen LogP contribution in [0.2, 0.25) is 5.02 Å². The van der Waals surface area contributed by atoms with Crippen LogP contribution in [0.4, 0.5) is 10.1 Å². The van der Waals surface area contributed by atoms with Gasteiger partial charge in [-0.25, -0.2) is 9.18 Å². The monoisotopic (exact) mass is 490 g/mol. The molecule has 1 spiro atoms. The van der Waals surface area contributed by atoms with Crippen molar-refractivity contribution < 1.29 is 19.1 Å². The van der Waals surface area contributed by atoms with Crippen LogP contribution in [0.1, 0.15) is 63.1 Å². The number of carbonyl (C=O) groups excluding carboxylic acids is 1. The van der Waals surface area contributed by atoms with Crippen molar-refractivity contribution in [1.29, 1.82) is 0 Å². The fraction of sp³-hybridized carbons (Fsp3) is 0.286. The lowest BCUT2D eigenvalue weighted by atomic mass is 9.96. The summed E-state index contributed by atoms with van der Waals surface area (Å²) in [5.74, 6) is -1.49. The molecular weight excluding hydrogens is 467 g/mol. The molecule has 6 rings (SSSR count). The highest BCUT2D eigenvalue weighted by molar-refractivity contribution is 6.31. The third kappa shape index (κ3) is 3.76. The van der Waals surface area contributed by atoms with Crippen molar-refractivity contribution in [2.24, 2.45) is 0 Å². The predicted molar refractivity (Wildman–Crippen MR) is 132 cm³/mol. The van der Waals surface area contributed by atoms with Gasteiger partial charge in [0.2, 0.25) is 0 Å². The van der Waals surface area contributed by atoms with Crippen molar-refractivity contribution in [3.05, 3.63) is 99.3 Å². The zero-order valence-electron chi connectivity index (χ0n) is 19.0. The number of aromatic carboxylic acids is 1. The average molecular weight is 491 g/mol. The zero-order valence-corrected chi connectivity index (χ0v) is 19.7. The van der Waals surface area contributed by atoms with E-state index in [9.17, 15) is 19.1 Å². The molecule has 5 nitrogen and oxygen atoms in total. The van der Waals surface area contributed by atoms with Crippen LogP contribution in [-0.2, 0) is 17.5 Å². The number of anilines is 1. The Labute approximate surface area is 207 Å². The van der Waals surface area contributed by atoms with E-state index in [4.69, 9.17) is 11.6 Å². The molecule has 3 aromatic rings. The van der Waals surface area contributed by atoms with Crippen LogP contribution >= 0.6 is 11.6 Å². The second-order valence-corrected chi connectivity index (χ2v) is 10.4. The van der Waals surface area contributed by atoms with Crippen LogP contribution in [0.15, 0.2) is 60.7 Å². The Kier molecular flexibility index (Phi) is 4.94. The molecular formula is C28H24ClFN2O3. The molecule has 0 unspecified atom stereocenters. The number of fused-ring (bicyclic) bond motifs is 2. The summed E-state index contributed by atoms with van der Waals surface area (Å²) in [5, 5.41) is 12.8. The van der Waals surface area contributed by atoms with E-state index in [1.54, 1.807) is 30.3 Å². The van der Waals surface area contributed by atoms with Crippen molar-refractivity contribution in [2.75, 3.05) is 11.4 Å². The first-order valence-electron chi connectivity index (χ1n) is 11.8. The van der Waals surface area contributed by atoms with Gasteiger partial charge in [0.15, 0.2) is 0 Å². The summed E-state index contributed by atoms with van der Waals surface area (Å²) in [6.07, 6.45) is 3.77. The maximum Gasteiger partial charge on any atom is 0.335 e. The van der Waals surface area contributed by atoms with Gasteiger partial charge >= 0.3 is 5.97 Å². The number of carboxylic acids is 1. The van der Waals surface area contributed by atoms with Gasteiger partial charge in [0.1, 0.15) is 5.82 Å². The largest absolute Gasteiger partial charge is 0.478 e. The van der Waals surface area contributed by atoms with Gasteiger partial charge in [-0.15, -0.1) is 0 Å². The summed E-state index contributed by atoms with van der Waals surface area (Å²) in [7, 11) is 0. The van der Waals surface area contributed by atoms with Gasteiger partial charge in [-0.2, -0.15) is 0 Å². The van der Waals surface area contributed by atoms with E-state index in [-0.39, 0.29) is 22.7 Å². The number of rotatable bonds is 6. The molecule has 0 saturated heterocycles. The summed E-state index contributed by atoms with van der Waals surface area (Å²) in [6.45, 7) is 1.31. The first kappa shape index (κ1) is 22.1. The highest BCUT2D eigenvalue weighted by atomic mass is 35.5. The summed E-state index contributed by atoms with van der Waals surface area (Å²) in [4.78, 5) is 27.1. The van der Waals surface area contributed by atoms with Gasteiger partial charge in [-0.1, -0.05) is 41.9 Å². The third-order valence-corrected chi connectivity index (χ3v) is 8.03. The second-order valence-electron chi connectivity index (χ2n) is 9.99. The standard InChI is InChI=1S/C28H24ClFN2O3/c29-23-14-20(30)9-6-18(23)15-32-16-27(10-11-27)22-3-1-2-21(24(22)32)25(33)31-28(12-13-28)19-7-4-17(5-8-19)26(34)35/h1-9,14H,10-13,15-16H2,(H,31,33)(H,34,35). The van der Waals surface area contributed by atoms with Crippen molar-refractivity contribution >= 4 is 29.2 Å². The Morgan fingerprint density at radius 2 is 1.77 bits per heavy atom. The van der Waals surface area contributed by atoms with Crippen LogP contribution in [0.3, 0.4) is 0 Å². The molecule has 7 heteroatoms. The molecule has 2 N–H and O–H groups in total. The smallest absolute Gasteiger partial charge is 0.335 e. The topological polar surface area (TPSA) is 69.6 Å². The van der Waals surface area contributed by atoms with Gasteiger partial charge in [0.05, 0.1) is 22.4 Å². The minimum atomic E-state index is -0.972. The maximum absolute atomic E-state index is 13.6. The Hall–Kier alpha value is -3.38. The highest BCUT2D eigenvalue weighted by Crippen LogP contribution is 2.58. The first-order chi connectivity index (χ1) is 16.8. The first-order valence-corrected chi connectivity index (χ1v) is 12.2. The van der Waals surface area contributed by atoms with E-state index >= 15 is 0 Å². The maximum atomic E-state index is 13.6. The average Bonchev–Trinajstić information content (AvgIpc) is 3.76. The van der Waals surface area contributed by atoms with Gasteiger partial charge in [0.25, 0.3) is 5.91 Å². The number of carbonyl (C=O) groups is 2. The molecule has 3 aliphatic rings. The minimum absolute atomic E-state index is 0.0715. The quantitative estimate of drug-likeness (QED) is 0.468. The molecule has 2 aliphatic carbocycles. The molecule has 0 aromatic heterocycles. The van der Waals surface area contributed by atoms with E-state index in [2.05, 4.69) is 16.3 Å². The van der Waals surface area contributed by atoms with Crippen LogP contribution in [-0.4, -0.2) is 23.5 Å². The molecule has 1 amide bonds. The lowest BCUT2D eigenvalue weighted by molar-refractivity contribution is 0.0696. The summed E-state index contributed by atoms with van der Waals surface area (Å²) in [5.41, 5.74) is 4.31. The molecule has 0 radical (unpaired) electrons. The van der Waals surface area contributed by atoms with Crippen molar-refractivity contribution in [3.63, 3.8) is 0 Å². The van der Waals surface area contributed by atoms with E-state index in [1.807, 2.05) is 12.1 Å². The number of benzene rings is 3. The number of para-hydroxylation sites is 1. The van der Waals surface area contributed by atoms with Crippen LogP contribution in [0.25, 0.3) is 0 Å². The number of amides is 1. The molecule has 1 aliphatic heterocycles. The predicted octanol–water partition coefficient (Wildman–Crippen LogP) is 5.65. The third-order valence-electron chi connectivity index (χ3n) is 7.68. The van der Waals surface area contributed by atoms with E-state index in [0.29, 0.717) is 17.1 Å². The van der Waals surface area contributed by atoms with Crippen LogP contribution in [0.5, 0.6) is 0 Å². The van der Waals surface area contributed by atoms with Crippen LogP contribution in [0, 0.1) is 5.82 Å². The summed E-state index contributed by atoms with van der Waals surface area (Å²) in [6, 6.07) is 17.1. The van der Waals surface area contributed by atoms with E-state index < -0.39 is 11.5 Å². The number of hydrogen-bond donors (Lipinski definition) is 2. The normalized spacial score (nSPS) is 18.3. The van der Waals surface area contributed by atoms with E-state index in [1.165, 1.54) is 17.7 Å². The Bertz CT molecular complexity index is 1360. The Morgan fingerprint density at radius 3 is 2.40 bits per heavy atom. The molecule has 0 atom stereocenters. The fourth-order valence-corrected chi connectivity index (χ4v) is 5.65. The van der Waals surface area contributed by atoms with Gasteiger partial charge < -0.3 is 15.3 Å². The number of hydrogen-bond acceptors (Lipinski definition) is 3. The van der Waals surface area contributed by atoms with Crippen molar-refractivity contribution in [3.8, 4) is 0 Å². The molecule has 0 bridgehead atoms. The van der Waals surface area contributed by atoms with Crippen LogP contribution < -0.4 is 10.2 Å². The highest BCUT2D eigenvalue weighted by Gasteiger charge is 2.53. The lowest BCUT2D eigenvalue weighted by Crippen LogP contribution is -2.36. The Morgan fingerprint density at radius 1 is 1.03 bits per heavy atom. The SMILES string of the molecule is O=C(O)c1ccc(C2(NC(=O)c3cccc4c3N(Cc3ccc(F)cc3Cl)CC43CC3)CC2)cc1. The molecule has 2 fully saturated rings. The number of halogens is 2. The zero-order chi connectivity index (χ0) is 24.4. The molecule has 2 saturated carbocycles. The fourth-order valence-electron chi connectivity index (χ4n) is 5.42. The number of carboxylic acid groups (broad SMARTS) is 1. The number of nitrogens with zero attached hydrogens (tertiary/aromatic N) is 1. The van der Waals surface area contributed by atoms with Crippen molar-refractivity contribution in [2.45, 2.75) is 43.2 Å². The Balaban J connectivity index is 1.31. The van der Waals surface area contributed by atoms with Gasteiger partial charge in [-0.3, -0.25) is 4.79 Å². The molecule has 35 heavy (non-hydrogen) atoms. The summed E-state index contributed by atoms with van der Waals surface area (Å²) < 4.78 is 13.6. The number of nitrogens with one attached hydrogen (secondary N) is 1. The summed E-state index contributed by atoms with van der Waals surface area (Å²) >= 11 is 6.34. The lowest BCUT2D eigenvalue weighted by Gasteiger charge is -2.24. The van der Waals surface area contributed by atoms with E-state index in [0.717, 1.165) is 49.0 Å².